The molecule has 3 N–H and O–H groups in total. The fourth-order valence-corrected chi connectivity index (χ4v) is 5.88. The number of nitrogens with zero attached hydrogens (tertiary/aromatic N) is 3. The molecule has 4 aromatic rings. The van der Waals surface area contributed by atoms with E-state index in [2.05, 4.69) is 30.8 Å². The van der Waals surface area contributed by atoms with Crippen LogP contribution in [0.2, 0.25) is 0 Å². The van der Waals surface area contributed by atoms with E-state index < -0.39 is 0 Å². The molecular weight excluding hydrogens is 480 g/mol. The lowest BCUT2D eigenvalue weighted by Crippen LogP contribution is -2.25. The molecule has 178 valence electrons. The molecule has 0 radical (unpaired) electrons. The van der Waals surface area contributed by atoms with Crippen molar-refractivity contribution in [2.45, 2.75) is 37.4 Å². The van der Waals surface area contributed by atoms with Gasteiger partial charge in [-0.05, 0) is 48.9 Å². The summed E-state index contributed by atoms with van der Waals surface area (Å²) in [7, 11) is 0. The Kier molecular flexibility index (Phi) is 7.20. The number of thiophene rings is 1. The Morgan fingerprint density at radius 1 is 1.06 bits per heavy atom. The molecule has 8 nitrogen and oxygen atoms in total. The average molecular weight is 505 g/mol. The van der Waals surface area contributed by atoms with Gasteiger partial charge < -0.3 is 10.6 Å². The van der Waals surface area contributed by atoms with E-state index >= 15 is 0 Å². The lowest BCUT2D eigenvalue weighted by atomic mass is 9.95. The molecule has 0 spiro atoms. The predicted octanol–water partition coefficient (Wildman–Crippen LogP) is 4.47. The van der Waals surface area contributed by atoms with Gasteiger partial charge >= 0.3 is 0 Å². The van der Waals surface area contributed by atoms with Crippen LogP contribution in [0.1, 0.15) is 39.2 Å². The van der Waals surface area contributed by atoms with E-state index in [0.29, 0.717) is 33.8 Å². The molecule has 1 aliphatic carbocycles. The minimum absolute atomic E-state index is 0.132. The second kappa shape index (κ2) is 10.8. The van der Waals surface area contributed by atoms with Gasteiger partial charge in [0.2, 0.25) is 11.1 Å². The predicted molar refractivity (Wildman–Crippen MR) is 138 cm³/mol. The summed E-state index contributed by atoms with van der Waals surface area (Å²) in [6.45, 7) is 0.441. The summed E-state index contributed by atoms with van der Waals surface area (Å²) >= 11 is 2.75. The Hall–Kier alpha value is -3.50. The number of pyridine rings is 1. The van der Waals surface area contributed by atoms with Crippen LogP contribution in [0.4, 0.5) is 5.00 Å². The highest BCUT2D eigenvalue weighted by Crippen LogP contribution is 2.38. The number of benzene rings is 1. The molecule has 3 aromatic heterocycles. The number of aryl methyl sites for hydroxylation is 1. The maximum atomic E-state index is 13.2. The summed E-state index contributed by atoms with van der Waals surface area (Å²) in [6.07, 6.45) is 5.64. The van der Waals surface area contributed by atoms with Crippen molar-refractivity contribution >= 4 is 39.9 Å². The van der Waals surface area contributed by atoms with Crippen LogP contribution in [0, 0.1) is 0 Å². The summed E-state index contributed by atoms with van der Waals surface area (Å²) < 4.78 is 0. The van der Waals surface area contributed by atoms with Gasteiger partial charge in [0.05, 0.1) is 11.3 Å². The third-order valence-electron chi connectivity index (χ3n) is 5.65. The number of hydrogen-bond donors (Lipinski definition) is 3. The van der Waals surface area contributed by atoms with Crippen molar-refractivity contribution in [1.82, 2.24) is 25.5 Å². The summed E-state index contributed by atoms with van der Waals surface area (Å²) in [4.78, 5) is 35.8. The zero-order valence-electron chi connectivity index (χ0n) is 18.9. The van der Waals surface area contributed by atoms with Gasteiger partial charge in [-0.25, -0.2) is 0 Å². The highest BCUT2D eigenvalue weighted by atomic mass is 32.2. The van der Waals surface area contributed by atoms with Crippen LogP contribution >= 0.6 is 23.1 Å². The van der Waals surface area contributed by atoms with Gasteiger partial charge in [-0.1, -0.05) is 48.2 Å². The van der Waals surface area contributed by atoms with Crippen LogP contribution in [-0.2, 0) is 24.2 Å². The molecule has 0 saturated heterocycles. The first kappa shape index (κ1) is 23.3. The number of fused-ring (bicyclic) bond motifs is 1. The van der Waals surface area contributed by atoms with Gasteiger partial charge in [-0.15, -0.1) is 16.4 Å². The SMILES string of the molecule is O=C(CSc1n[nH]c(-c2ccccn2)n1)Nc1sc2c(c1C(=O)NCc1ccccc1)CCCC2. The molecule has 0 saturated carbocycles. The number of anilines is 1. The van der Waals surface area contributed by atoms with Crippen LogP contribution in [-0.4, -0.2) is 37.7 Å². The van der Waals surface area contributed by atoms with Crippen molar-refractivity contribution < 1.29 is 9.59 Å². The summed E-state index contributed by atoms with van der Waals surface area (Å²) in [5, 5.41) is 14.1. The maximum absolute atomic E-state index is 13.2. The highest BCUT2D eigenvalue weighted by molar-refractivity contribution is 7.99. The van der Waals surface area contributed by atoms with Crippen LogP contribution in [0.5, 0.6) is 0 Å². The molecule has 1 aromatic carbocycles. The monoisotopic (exact) mass is 504 g/mol. The van der Waals surface area contributed by atoms with E-state index in [0.717, 1.165) is 36.8 Å². The van der Waals surface area contributed by atoms with Crippen molar-refractivity contribution in [3.63, 3.8) is 0 Å². The third-order valence-corrected chi connectivity index (χ3v) is 7.71. The quantitative estimate of drug-likeness (QED) is 0.305. The first-order valence-electron chi connectivity index (χ1n) is 11.4. The lowest BCUT2D eigenvalue weighted by Gasteiger charge is -2.13. The fourth-order valence-electron chi connectivity index (χ4n) is 3.98. The van der Waals surface area contributed by atoms with Crippen molar-refractivity contribution in [3.8, 4) is 11.5 Å². The number of hydrogen-bond acceptors (Lipinski definition) is 7. The first-order valence-corrected chi connectivity index (χ1v) is 13.2. The number of aromatic amines is 1. The molecule has 0 unspecified atom stereocenters. The minimum atomic E-state index is -0.199. The second-order valence-electron chi connectivity index (χ2n) is 8.10. The van der Waals surface area contributed by atoms with Crippen molar-refractivity contribution in [2.24, 2.45) is 0 Å². The standard InChI is InChI=1S/C25H24N6O2S2/c32-20(15-34-25-29-22(30-31-25)18-11-6-7-13-26-18)28-24-21(17-10-4-5-12-19(17)35-24)23(33)27-14-16-8-2-1-3-9-16/h1-3,6-9,11,13H,4-5,10,12,14-15H2,(H,27,33)(H,28,32)(H,29,30,31). The number of nitrogens with one attached hydrogen (secondary N) is 3. The Morgan fingerprint density at radius 2 is 1.89 bits per heavy atom. The molecule has 0 aliphatic heterocycles. The number of aromatic nitrogens is 4. The molecule has 10 heteroatoms. The smallest absolute Gasteiger partial charge is 0.254 e. The Labute approximate surface area is 211 Å². The molecule has 35 heavy (non-hydrogen) atoms. The van der Waals surface area contributed by atoms with Crippen LogP contribution in [0.25, 0.3) is 11.5 Å². The summed E-state index contributed by atoms with van der Waals surface area (Å²) in [5.74, 6) is 0.338. The van der Waals surface area contributed by atoms with Crippen molar-refractivity contribution in [1.29, 1.82) is 0 Å². The van der Waals surface area contributed by atoms with Gasteiger partial charge in [0.1, 0.15) is 10.7 Å². The largest absolute Gasteiger partial charge is 0.348 e. The van der Waals surface area contributed by atoms with Crippen molar-refractivity contribution in [2.75, 3.05) is 11.1 Å². The molecule has 2 amide bonds. The number of carbonyl (C=O) groups excluding carboxylic acids is 2. The number of thioether (sulfide) groups is 1. The van der Waals surface area contributed by atoms with E-state index in [1.165, 1.54) is 28.0 Å². The van der Waals surface area contributed by atoms with Gasteiger partial charge in [0.25, 0.3) is 5.91 Å². The zero-order valence-corrected chi connectivity index (χ0v) is 20.5. The maximum Gasteiger partial charge on any atom is 0.254 e. The van der Waals surface area contributed by atoms with E-state index in [1.54, 1.807) is 6.20 Å². The number of rotatable bonds is 8. The van der Waals surface area contributed by atoms with E-state index in [9.17, 15) is 9.59 Å². The van der Waals surface area contributed by atoms with Gasteiger partial charge in [0.15, 0.2) is 5.82 Å². The van der Waals surface area contributed by atoms with Crippen molar-refractivity contribution in [3.05, 3.63) is 76.3 Å². The molecule has 0 fully saturated rings. The molecule has 0 bridgehead atoms. The minimum Gasteiger partial charge on any atom is -0.348 e. The van der Waals surface area contributed by atoms with Gasteiger partial charge in [0, 0.05) is 17.6 Å². The molecule has 1 aliphatic rings. The third kappa shape index (κ3) is 5.60. The topological polar surface area (TPSA) is 113 Å². The highest BCUT2D eigenvalue weighted by Gasteiger charge is 2.26. The fraction of sp³-hybridized carbons (Fsp3) is 0.240. The average Bonchev–Trinajstić information content (AvgIpc) is 3.52. The normalized spacial score (nSPS) is 12.7. The molecule has 3 heterocycles. The van der Waals surface area contributed by atoms with E-state index in [4.69, 9.17) is 0 Å². The summed E-state index contributed by atoms with van der Waals surface area (Å²) in [6, 6.07) is 15.3. The summed E-state index contributed by atoms with van der Waals surface area (Å²) in [5.41, 5.74) is 3.40. The molecular formula is C25H24N6O2S2. The molecule has 0 atom stereocenters. The van der Waals surface area contributed by atoms with Gasteiger partial charge in [-0.3, -0.25) is 19.7 Å². The molecule has 5 rings (SSSR count). The number of carbonyl (C=O) groups is 2. The van der Waals surface area contributed by atoms with Crippen LogP contribution < -0.4 is 10.6 Å². The number of H-pyrrole nitrogens is 1. The van der Waals surface area contributed by atoms with Crippen LogP contribution in [0.3, 0.4) is 0 Å². The first-order chi connectivity index (χ1) is 17.2. The van der Waals surface area contributed by atoms with E-state index in [1.807, 2.05) is 48.5 Å². The Bertz CT molecular complexity index is 1320. The zero-order chi connectivity index (χ0) is 24.0. The Morgan fingerprint density at radius 3 is 2.71 bits per heavy atom. The Balaban J connectivity index is 1.25. The van der Waals surface area contributed by atoms with Crippen LogP contribution in [0.15, 0.2) is 59.9 Å². The van der Waals surface area contributed by atoms with Gasteiger partial charge in [-0.2, -0.15) is 4.98 Å². The lowest BCUT2D eigenvalue weighted by molar-refractivity contribution is -0.113. The van der Waals surface area contributed by atoms with E-state index in [-0.39, 0.29) is 17.6 Å². The second-order valence-corrected chi connectivity index (χ2v) is 10.1. The number of amides is 2.